The van der Waals surface area contributed by atoms with Crippen LogP contribution in [0.3, 0.4) is 0 Å². The van der Waals surface area contributed by atoms with Gasteiger partial charge in [0.25, 0.3) is 5.91 Å². The molecule has 1 N–H and O–H groups in total. The van der Waals surface area contributed by atoms with Gasteiger partial charge in [-0.15, -0.1) is 0 Å². The van der Waals surface area contributed by atoms with Gasteiger partial charge in [-0.2, -0.15) is 0 Å². The van der Waals surface area contributed by atoms with Crippen molar-refractivity contribution >= 4 is 27.8 Å². The lowest BCUT2D eigenvalue weighted by Gasteiger charge is -2.21. The molecule has 0 radical (unpaired) electrons. The van der Waals surface area contributed by atoms with Crippen LogP contribution in [0.15, 0.2) is 16.6 Å². The largest absolute Gasteiger partial charge is 0.480 e. The molecule has 0 atom stereocenters. The molecule has 1 fully saturated rings. The molecule has 1 saturated carbocycles. The number of aliphatic carboxylic acids is 1. The second-order valence-electron chi connectivity index (χ2n) is 4.77. The normalized spacial score (nSPS) is 14.2. The highest BCUT2D eigenvalue weighted by atomic mass is 79.9. The Morgan fingerprint density at radius 3 is 2.30 bits per heavy atom. The monoisotopic (exact) mass is 347 g/mol. The molecular formula is C13H12BrF2NO3. The molecule has 0 aromatic heterocycles. The Kier molecular flexibility index (Phi) is 4.37. The lowest BCUT2D eigenvalue weighted by Crippen LogP contribution is -2.38. The maximum absolute atomic E-state index is 13.7. The van der Waals surface area contributed by atoms with E-state index >= 15 is 0 Å². The Bertz CT molecular complexity index is 538. The molecule has 1 aromatic carbocycles. The van der Waals surface area contributed by atoms with E-state index in [0.717, 1.165) is 29.9 Å². The summed E-state index contributed by atoms with van der Waals surface area (Å²) in [6.45, 7) is -0.357. The molecule has 0 unspecified atom stereocenters. The van der Waals surface area contributed by atoms with Crippen molar-refractivity contribution < 1.29 is 23.5 Å². The van der Waals surface area contributed by atoms with E-state index in [1.54, 1.807) is 0 Å². The molecule has 0 aliphatic heterocycles. The summed E-state index contributed by atoms with van der Waals surface area (Å²) in [6.07, 6.45) is 1.80. The second-order valence-corrected chi connectivity index (χ2v) is 5.68. The van der Waals surface area contributed by atoms with Gasteiger partial charge in [-0.1, -0.05) is 15.9 Å². The highest BCUT2D eigenvalue weighted by Gasteiger charge is 2.31. The van der Waals surface area contributed by atoms with Crippen molar-refractivity contribution in [3.8, 4) is 0 Å². The number of carboxylic acid groups (broad SMARTS) is 1. The third kappa shape index (κ3) is 3.53. The van der Waals surface area contributed by atoms with Crippen molar-refractivity contribution in [1.82, 2.24) is 4.90 Å². The van der Waals surface area contributed by atoms with Crippen LogP contribution < -0.4 is 0 Å². The second kappa shape index (κ2) is 5.87. The zero-order valence-corrected chi connectivity index (χ0v) is 12.0. The summed E-state index contributed by atoms with van der Waals surface area (Å²) in [6, 6.07) is 1.96. The number of carboxylic acids is 1. The highest BCUT2D eigenvalue weighted by molar-refractivity contribution is 9.10. The zero-order valence-electron chi connectivity index (χ0n) is 10.4. The van der Waals surface area contributed by atoms with Crippen LogP contribution in [0.25, 0.3) is 0 Å². The Balaban J connectivity index is 2.28. The van der Waals surface area contributed by atoms with E-state index in [-0.39, 0.29) is 16.9 Å². The van der Waals surface area contributed by atoms with E-state index < -0.39 is 35.6 Å². The molecule has 0 saturated heterocycles. The van der Waals surface area contributed by atoms with Crippen LogP contribution in [0.5, 0.6) is 0 Å². The van der Waals surface area contributed by atoms with Gasteiger partial charge in [-0.3, -0.25) is 9.59 Å². The summed E-state index contributed by atoms with van der Waals surface area (Å²) in [5, 5.41) is 8.81. The predicted molar refractivity (Wildman–Crippen MR) is 70.3 cm³/mol. The molecule has 7 heteroatoms. The van der Waals surface area contributed by atoms with Gasteiger partial charge in [0.05, 0.1) is 0 Å². The SMILES string of the molecule is O=C(O)CN(CC1CC1)C(=O)c1c(F)cc(Br)cc1F. The third-order valence-corrected chi connectivity index (χ3v) is 3.47. The van der Waals surface area contributed by atoms with Gasteiger partial charge in [0.2, 0.25) is 0 Å². The fourth-order valence-corrected chi connectivity index (χ4v) is 2.30. The first-order valence-electron chi connectivity index (χ1n) is 6.04. The maximum atomic E-state index is 13.7. The fraction of sp³-hybridized carbons (Fsp3) is 0.385. The number of carbonyl (C=O) groups excluding carboxylic acids is 1. The fourth-order valence-electron chi connectivity index (χ4n) is 1.90. The average Bonchev–Trinajstić information content (AvgIpc) is 3.09. The predicted octanol–water partition coefficient (Wildman–Crippen LogP) is 2.66. The summed E-state index contributed by atoms with van der Waals surface area (Å²) < 4.78 is 27.7. The van der Waals surface area contributed by atoms with E-state index in [1.807, 2.05) is 0 Å². The smallest absolute Gasteiger partial charge is 0.323 e. The number of nitrogens with zero attached hydrogens (tertiary/aromatic N) is 1. The van der Waals surface area contributed by atoms with Crippen molar-refractivity contribution in [2.24, 2.45) is 5.92 Å². The first kappa shape index (κ1) is 14.9. The summed E-state index contributed by atoms with van der Waals surface area (Å²) in [4.78, 5) is 23.9. The van der Waals surface area contributed by atoms with Crippen LogP contribution in [0.4, 0.5) is 8.78 Å². The van der Waals surface area contributed by atoms with Crippen molar-refractivity contribution in [1.29, 1.82) is 0 Å². The first-order valence-corrected chi connectivity index (χ1v) is 6.83. The van der Waals surface area contributed by atoms with E-state index in [2.05, 4.69) is 15.9 Å². The Morgan fingerprint density at radius 2 is 1.85 bits per heavy atom. The van der Waals surface area contributed by atoms with Crippen molar-refractivity contribution in [2.75, 3.05) is 13.1 Å². The van der Waals surface area contributed by atoms with Crippen LogP contribution in [0, 0.1) is 17.6 Å². The molecule has 0 spiro atoms. The van der Waals surface area contributed by atoms with Crippen molar-refractivity contribution in [3.05, 3.63) is 33.8 Å². The number of hydrogen-bond donors (Lipinski definition) is 1. The van der Waals surface area contributed by atoms with E-state index in [4.69, 9.17) is 5.11 Å². The number of amides is 1. The van der Waals surface area contributed by atoms with Crippen LogP contribution in [0.2, 0.25) is 0 Å². The standard InChI is InChI=1S/C13H12BrF2NO3/c14-8-3-9(15)12(10(16)4-8)13(20)17(6-11(18)19)5-7-1-2-7/h3-4,7H,1-2,5-6H2,(H,18,19). The van der Waals surface area contributed by atoms with Crippen molar-refractivity contribution in [2.45, 2.75) is 12.8 Å². The quantitative estimate of drug-likeness (QED) is 0.890. The molecule has 1 aliphatic carbocycles. The minimum absolute atomic E-state index is 0.177. The van der Waals surface area contributed by atoms with E-state index in [9.17, 15) is 18.4 Å². The van der Waals surface area contributed by atoms with Crippen LogP contribution in [-0.2, 0) is 4.79 Å². The summed E-state index contributed by atoms with van der Waals surface area (Å²) in [5.74, 6) is -3.93. The molecular weight excluding hydrogens is 336 g/mol. The van der Waals surface area contributed by atoms with Gasteiger partial charge in [-0.05, 0) is 30.9 Å². The van der Waals surface area contributed by atoms with Crippen LogP contribution in [-0.4, -0.2) is 35.0 Å². The Hall–Kier alpha value is -1.50. The van der Waals surface area contributed by atoms with Gasteiger partial charge in [0.1, 0.15) is 23.7 Å². The molecule has 20 heavy (non-hydrogen) atoms. The van der Waals surface area contributed by atoms with Gasteiger partial charge in [-0.25, -0.2) is 8.78 Å². The number of hydrogen-bond acceptors (Lipinski definition) is 2. The van der Waals surface area contributed by atoms with Crippen molar-refractivity contribution in [3.63, 3.8) is 0 Å². The average molecular weight is 348 g/mol. The van der Waals surface area contributed by atoms with Gasteiger partial charge < -0.3 is 10.0 Å². The summed E-state index contributed by atoms with van der Waals surface area (Å²) >= 11 is 2.92. The summed E-state index contributed by atoms with van der Waals surface area (Å²) in [5.41, 5.74) is -0.713. The Morgan fingerprint density at radius 1 is 1.30 bits per heavy atom. The first-order chi connectivity index (χ1) is 9.38. The molecule has 0 bridgehead atoms. The van der Waals surface area contributed by atoms with Crippen LogP contribution >= 0.6 is 15.9 Å². The topological polar surface area (TPSA) is 57.6 Å². The van der Waals surface area contributed by atoms with E-state index in [0.29, 0.717) is 0 Å². The minimum atomic E-state index is -1.21. The number of carbonyl (C=O) groups is 2. The minimum Gasteiger partial charge on any atom is -0.480 e. The number of benzene rings is 1. The Labute approximate surface area is 122 Å². The lowest BCUT2D eigenvalue weighted by molar-refractivity contribution is -0.137. The lowest BCUT2D eigenvalue weighted by atomic mass is 10.1. The molecule has 1 aromatic rings. The molecule has 1 amide bonds. The highest BCUT2D eigenvalue weighted by Crippen LogP contribution is 2.30. The molecule has 108 valence electrons. The summed E-state index contributed by atoms with van der Waals surface area (Å²) in [7, 11) is 0. The van der Waals surface area contributed by atoms with Gasteiger partial charge in [0.15, 0.2) is 0 Å². The zero-order chi connectivity index (χ0) is 14.9. The van der Waals surface area contributed by atoms with Gasteiger partial charge in [0, 0.05) is 11.0 Å². The maximum Gasteiger partial charge on any atom is 0.323 e. The third-order valence-electron chi connectivity index (χ3n) is 3.01. The molecule has 2 rings (SSSR count). The van der Waals surface area contributed by atoms with E-state index in [1.165, 1.54) is 0 Å². The molecule has 0 heterocycles. The van der Waals surface area contributed by atoms with Gasteiger partial charge >= 0.3 is 5.97 Å². The molecule has 1 aliphatic rings. The number of rotatable bonds is 5. The van der Waals surface area contributed by atoms with Crippen LogP contribution in [0.1, 0.15) is 23.2 Å². The molecule has 4 nitrogen and oxygen atoms in total. The number of halogens is 3.